The van der Waals surface area contributed by atoms with Crippen molar-refractivity contribution in [3.63, 3.8) is 0 Å². The van der Waals surface area contributed by atoms with Gasteiger partial charge in [-0.1, -0.05) is 35.8 Å². The molecule has 0 amide bonds. The van der Waals surface area contributed by atoms with E-state index < -0.39 is 5.41 Å². The van der Waals surface area contributed by atoms with Crippen LogP contribution in [-0.2, 0) is 16.0 Å². The van der Waals surface area contributed by atoms with E-state index in [2.05, 4.69) is 33.0 Å². The number of carbonyl (C=O) groups is 2. The van der Waals surface area contributed by atoms with Gasteiger partial charge in [-0.15, -0.1) is 0 Å². The number of carbonyl (C=O) groups excluding carboxylic acids is 2. The van der Waals surface area contributed by atoms with E-state index in [1.54, 1.807) is 0 Å². The first-order valence-electron chi connectivity index (χ1n) is 8.95. The maximum atomic E-state index is 13.3. The summed E-state index contributed by atoms with van der Waals surface area (Å²) < 4.78 is 1.06. The molecule has 2 aliphatic heterocycles. The largest absolute Gasteiger partial charge is 0.367 e. The van der Waals surface area contributed by atoms with E-state index in [1.165, 1.54) is 5.69 Å². The van der Waals surface area contributed by atoms with Crippen LogP contribution in [0.2, 0.25) is 0 Å². The molecule has 1 saturated heterocycles. The number of fused-ring (bicyclic) bond motifs is 4. The SMILES string of the molecule is CC1(C)CC(=O)C2(Cc3ccc(Br)cc3N3CCCC[C@H]32)C(=O)C1. The Labute approximate surface area is 151 Å². The number of hydrogen-bond acceptors (Lipinski definition) is 3. The summed E-state index contributed by atoms with van der Waals surface area (Å²) in [4.78, 5) is 28.9. The number of nitrogens with zero attached hydrogens (tertiary/aromatic N) is 1. The van der Waals surface area contributed by atoms with Crippen LogP contribution in [0, 0.1) is 10.8 Å². The predicted octanol–water partition coefficient (Wildman–Crippen LogP) is 4.31. The quantitative estimate of drug-likeness (QED) is 0.620. The Hall–Kier alpha value is -1.16. The van der Waals surface area contributed by atoms with Crippen molar-refractivity contribution in [2.24, 2.45) is 10.8 Å². The Kier molecular flexibility index (Phi) is 3.68. The Bertz CT molecular complexity index is 704. The lowest BCUT2D eigenvalue weighted by atomic mass is 9.55. The monoisotopic (exact) mass is 389 g/mol. The lowest BCUT2D eigenvalue weighted by Crippen LogP contribution is -2.64. The lowest BCUT2D eigenvalue weighted by molar-refractivity contribution is -0.150. The fourth-order valence-electron chi connectivity index (χ4n) is 5.08. The van der Waals surface area contributed by atoms with Gasteiger partial charge in [0.05, 0.1) is 0 Å². The number of piperidine rings is 1. The van der Waals surface area contributed by atoms with Gasteiger partial charge in [0, 0.05) is 35.6 Å². The average Bonchev–Trinajstić information content (AvgIpc) is 2.52. The van der Waals surface area contributed by atoms with Crippen LogP contribution in [0.25, 0.3) is 0 Å². The van der Waals surface area contributed by atoms with Gasteiger partial charge in [-0.3, -0.25) is 9.59 Å². The second-order valence-electron chi connectivity index (χ2n) is 8.49. The number of anilines is 1. The van der Waals surface area contributed by atoms with Gasteiger partial charge in [-0.05, 0) is 48.8 Å². The van der Waals surface area contributed by atoms with E-state index in [0.717, 1.165) is 35.8 Å². The van der Waals surface area contributed by atoms with E-state index >= 15 is 0 Å². The summed E-state index contributed by atoms with van der Waals surface area (Å²) in [6.45, 7) is 5.03. The topological polar surface area (TPSA) is 37.4 Å². The molecule has 3 aliphatic rings. The molecule has 0 radical (unpaired) electrons. The zero-order chi connectivity index (χ0) is 17.1. The highest BCUT2D eigenvalue weighted by Crippen LogP contribution is 2.52. The molecular formula is C20H24BrNO2. The highest BCUT2D eigenvalue weighted by molar-refractivity contribution is 9.10. The molecule has 1 saturated carbocycles. The standard InChI is InChI=1S/C20H24BrNO2/c1-19(2)11-17(23)20(18(24)12-19)10-13-6-7-14(21)9-15(13)22-8-4-3-5-16(20)22/h6-7,9,16H,3-5,8,10-12H2,1-2H3/t16-/m0/s1. The van der Waals surface area contributed by atoms with Crippen molar-refractivity contribution in [3.8, 4) is 0 Å². The lowest BCUT2D eigenvalue weighted by Gasteiger charge is -2.54. The predicted molar refractivity (Wildman–Crippen MR) is 98.3 cm³/mol. The molecule has 3 nitrogen and oxygen atoms in total. The van der Waals surface area contributed by atoms with Gasteiger partial charge in [0.25, 0.3) is 0 Å². The minimum Gasteiger partial charge on any atom is -0.367 e. The molecule has 4 heteroatoms. The highest BCUT2D eigenvalue weighted by Gasteiger charge is 2.59. The number of Topliss-reactive ketones (excluding diaryl/α,β-unsaturated/α-hetero) is 2. The van der Waals surface area contributed by atoms with Crippen LogP contribution in [0.5, 0.6) is 0 Å². The summed E-state index contributed by atoms with van der Waals surface area (Å²) >= 11 is 3.57. The molecule has 0 N–H and O–H groups in total. The number of benzene rings is 1. The summed E-state index contributed by atoms with van der Waals surface area (Å²) in [6, 6.07) is 6.32. The molecule has 1 atom stereocenters. The Morgan fingerprint density at radius 1 is 1.08 bits per heavy atom. The van der Waals surface area contributed by atoms with Crippen LogP contribution < -0.4 is 4.90 Å². The Morgan fingerprint density at radius 3 is 2.50 bits per heavy atom. The molecule has 2 fully saturated rings. The summed E-state index contributed by atoms with van der Waals surface area (Å²) in [5.41, 5.74) is 1.36. The van der Waals surface area contributed by atoms with Crippen molar-refractivity contribution in [1.29, 1.82) is 0 Å². The number of rotatable bonds is 0. The molecule has 0 bridgehead atoms. The number of hydrogen-bond donors (Lipinski definition) is 0. The van der Waals surface area contributed by atoms with Crippen molar-refractivity contribution in [2.75, 3.05) is 11.4 Å². The maximum Gasteiger partial charge on any atom is 0.149 e. The van der Waals surface area contributed by atoms with E-state index in [9.17, 15) is 9.59 Å². The average molecular weight is 390 g/mol. The van der Waals surface area contributed by atoms with E-state index in [-0.39, 0.29) is 23.0 Å². The molecule has 2 heterocycles. The van der Waals surface area contributed by atoms with Crippen molar-refractivity contribution >= 4 is 33.2 Å². The van der Waals surface area contributed by atoms with Crippen LogP contribution in [-0.4, -0.2) is 24.2 Å². The molecule has 128 valence electrons. The summed E-state index contributed by atoms with van der Waals surface area (Å²) in [5, 5.41) is 0. The number of ketones is 2. The van der Waals surface area contributed by atoms with E-state index in [0.29, 0.717) is 19.3 Å². The zero-order valence-electron chi connectivity index (χ0n) is 14.4. The van der Waals surface area contributed by atoms with Crippen molar-refractivity contribution in [2.45, 2.75) is 58.4 Å². The molecule has 1 aliphatic carbocycles. The summed E-state index contributed by atoms with van der Waals surface area (Å²) in [6.07, 6.45) is 4.82. The second kappa shape index (κ2) is 5.42. The highest BCUT2D eigenvalue weighted by atomic mass is 79.9. The molecule has 1 aromatic rings. The first kappa shape index (κ1) is 16.3. The fourth-order valence-corrected chi connectivity index (χ4v) is 5.42. The molecule has 24 heavy (non-hydrogen) atoms. The van der Waals surface area contributed by atoms with Crippen LogP contribution in [0.1, 0.15) is 51.5 Å². The third kappa shape index (κ3) is 2.29. The first-order chi connectivity index (χ1) is 11.3. The fraction of sp³-hybridized carbons (Fsp3) is 0.600. The van der Waals surface area contributed by atoms with Crippen LogP contribution >= 0.6 is 15.9 Å². The Morgan fingerprint density at radius 2 is 1.79 bits per heavy atom. The summed E-state index contributed by atoms with van der Waals surface area (Å²) in [5.74, 6) is 0.350. The minimum absolute atomic E-state index is 0.0455. The van der Waals surface area contributed by atoms with E-state index in [4.69, 9.17) is 0 Å². The Balaban J connectivity index is 1.86. The summed E-state index contributed by atoms with van der Waals surface area (Å²) in [7, 11) is 0. The van der Waals surface area contributed by atoms with Gasteiger partial charge in [-0.25, -0.2) is 0 Å². The maximum absolute atomic E-state index is 13.3. The molecular weight excluding hydrogens is 366 g/mol. The number of halogens is 1. The van der Waals surface area contributed by atoms with E-state index in [1.807, 2.05) is 19.9 Å². The molecule has 0 aromatic heterocycles. The third-order valence-electron chi connectivity index (χ3n) is 6.17. The molecule has 0 unspecified atom stereocenters. The van der Waals surface area contributed by atoms with Gasteiger partial charge in [0.2, 0.25) is 0 Å². The first-order valence-corrected chi connectivity index (χ1v) is 9.74. The van der Waals surface area contributed by atoms with Gasteiger partial charge < -0.3 is 4.90 Å². The van der Waals surface area contributed by atoms with Gasteiger partial charge in [0.1, 0.15) is 17.0 Å². The molecule has 1 spiro atoms. The van der Waals surface area contributed by atoms with Gasteiger partial charge >= 0.3 is 0 Å². The van der Waals surface area contributed by atoms with Crippen LogP contribution in [0.3, 0.4) is 0 Å². The van der Waals surface area contributed by atoms with Gasteiger partial charge in [0.15, 0.2) is 0 Å². The van der Waals surface area contributed by atoms with Crippen molar-refractivity contribution in [1.82, 2.24) is 0 Å². The van der Waals surface area contributed by atoms with Crippen LogP contribution in [0.4, 0.5) is 5.69 Å². The van der Waals surface area contributed by atoms with Crippen molar-refractivity contribution < 1.29 is 9.59 Å². The minimum atomic E-state index is -0.809. The van der Waals surface area contributed by atoms with Gasteiger partial charge in [-0.2, -0.15) is 0 Å². The third-order valence-corrected chi connectivity index (χ3v) is 6.66. The van der Waals surface area contributed by atoms with Crippen LogP contribution in [0.15, 0.2) is 22.7 Å². The smallest absolute Gasteiger partial charge is 0.149 e. The second-order valence-corrected chi connectivity index (χ2v) is 9.41. The molecule has 1 aromatic carbocycles. The zero-order valence-corrected chi connectivity index (χ0v) is 16.0. The van der Waals surface area contributed by atoms with Crippen molar-refractivity contribution in [3.05, 3.63) is 28.2 Å². The normalized spacial score (nSPS) is 27.8. The molecule has 4 rings (SSSR count).